The Bertz CT molecular complexity index is 404. The maximum absolute atomic E-state index is 12.0. The van der Waals surface area contributed by atoms with E-state index in [-0.39, 0.29) is 25.0 Å². The predicted octanol–water partition coefficient (Wildman–Crippen LogP) is 2.19. The number of thiophene rings is 1. The molecular formula is C13H20N2O3S. The van der Waals surface area contributed by atoms with Crippen LogP contribution in [-0.4, -0.2) is 41.1 Å². The van der Waals surface area contributed by atoms with Crippen LogP contribution in [0.25, 0.3) is 0 Å². The van der Waals surface area contributed by atoms with Gasteiger partial charge in [0.2, 0.25) is 0 Å². The van der Waals surface area contributed by atoms with Gasteiger partial charge >= 0.3 is 12.0 Å². The van der Waals surface area contributed by atoms with Crippen LogP contribution < -0.4 is 5.32 Å². The largest absolute Gasteiger partial charge is 0.481 e. The molecule has 0 radical (unpaired) electrons. The van der Waals surface area contributed by atoms with Crippen molar-refractivity contribution in [1.82, 2.24) is 10.2 Å². The first-order valence-electron chi connectivity index (χ1n) is 6.29. The molecule has 0 unspecified atom stereocenters. The molecule has 0 spiro atoms. The van der Waals surface area contributed by atoms with Crippen molar-refractivity contribution in [3.05, 3.63) is 22.4 Å². The lowest BCUT2D eigenvalue weighted by Gasteiger charge is -2.26. The van der Waals surface area contributed by atoms with Crippen LogP contribution in [0.1, 0.15) is 25.1 Å². The van der Waals surface area contributed by atoms with Crippen LogP contribution >= 0.6 is 11.3 Å². The number of hydrogen-bond donors (Lipinski definition) is 2. The summed E-state index contributed by atoms with van der Waals surface area (Å²) in [7, 11) is 0. The number of carboxylic acids is 1. The minimum atomic E-state index is -0.892. The van der Waals surface area contributed by atoms with Gasteiger partial charge in [-0.1, -0.05) is 6.07 Å². The van der Waals surface area contributed by atoms with Gasteiger partial charge < -0.3 is 15.3 Å². The average Bonchev–Trinajstić information content (AvgIpc) is 2.81. The molecule has 0 aromatic carbocycles. The Hall–Kier alpha value is -1.56. The molecule has 1 aromatic heterocycles. The molecule has 1 heterocycles. The normalized spacial score (nSPS) is 10.5. The first-order valence-corrected chi connectivity index (χ1v) is 7.17. The number of carbonyl (C=O) groups is 2. The van der Waals surface area contributed by atoms with E-state index in [4.69, 9.17) is 5.11 Å². The van der Waals surface area contributed by atoms with E-state index in [0.717, 1.165) is 6.42 Å². The van der Waals surface area contributed by atoms with Crippen LogP contribution in [-0.2, 0) is 11.2 Å². The second-order valence-corrected chi connectivity index (χ2v) is 5.52. The molecule has 6 heteroatoms. The first kappa shape index (κ1) is 15.5. The second kappa shape index (κ2) is 7.78. The van der Waals surface area contributed by atoms with Gasteiger partial charge in [0.1, 0.15) is 0 Å². The average molecular weight is 284 g/mol. The summed E-state index contributed by atoms with van der Waals surface area (Å²) in [4.78, 5) is 25.3. The van der Waals surface area contributed by atoms with Crippen molar-refractivity contribution in [3.8, 4) is 0 Å². The summed E-state index contributed by atoms with van der Waals surface area (Å²) >= 11 is 1.66. The molecule has 0 bridgehead atoms. The number of carbonyl (C=O) groups excluding carboxylic acids is 1. The van der Waals surface area contributed by atoms with Gasteiger partial charge in [0, 0.05) is 24.0 Å². The lowest BCUT2D eigenvalue weighted by Crippen LogP contribution is -2.45. The second-order valence-electron chi connectivity index (χ2n) is 4.49. The van der Waals surface area contributed by atoms with E-state index in [0.29, 0.717) is 6.54 Å². The Morgan fingerprint density at radius 3 is 2.74 bits per heavy atom. The number of amides is 2. The van der Waals surface area contributed by atoms with Gasteiger partial charge in [0.15, 0.2) is 0 Å². The van der Waals surface area contributed by atoms with Gasteiger partial charge in [0.05, 0.1) is 6.42 Å². The summed E-state index contributed by atoms with van der Waals surface area (Å²) in [6.45, 7) is 4.55. The molecule has 19 heavy (non-hydrogen) atoms. The third-order valence-corrected chi connectivity index (χ3v) is 3.61. The van der Waals surface area contributed by atoms with Gasteiger partial charge in [-0.25, -0.2) is 4.79 Å². The maximum Gasteiger partial charge on any atom is 0.317 e. The SMILES string of the molecule is CC(C)N(CCC(=O)O)C(=O)NCCc1cccs1. The summed E-state index contributed by atoms with van der Waals surface area (Å²) in [5.74, 6) is -0.892. The molecule has 1 aromatic rings. The Labute approximate surface area is 117 Å². The number of nitrogens with one attached hydrogen (secondary N) is 1. The molecular weight excluding hydrogens is 264 g/mol. The molecule has 0 aliphatic carbocycles. The number of hydrogen-bond acceptors (Lipinski definition) is 3. The lowest BCUT2D eigenvalue weighted by atomic mass is 10.3. The van der Waals surface area contributed by atoms with Gasteiger partial charge in [-0.05, 0) is 31.7 Å². The van der Waals surface area contributed by atoms with Crippen LogP contribution in [0.15, 0.2) is 17.5 Å². The van der Waals surface area contributed by atoms with Crippen LogP contribution in [0.2, 0.25) is 0 Å². The van der Waals surface area contributed by atoms with Crippen LogP contribution in [0, 0.1) is 0 Å². The Morgan fingerprint density at radius 1 is 1.47 bits per heavy atom. The zero-order valence-electron chi connectivity index (χ0n) is 11.3. The van der Waals surface area contributed by atoms with E-state index in [2.05, 4.69) is 5.32 Å². The zero-order valence-corrected chi connectivity index (χ0v) is 12.1. The van der Waals surface area contributed by atoms with Crippen LogP contribution in [0.4, 0.5) is 4.79 Å². The van der Waals surface area contributed by atoms with Crippen LogP contribution in [0.3, 0.4) is 0 Å². The molecule has 106 valence electrons. The highest BCUT2D eigenvalue weighted by atomic mass is 32.1. The summed E-state index contributed by atoms with van der Waals surface area (Å²) in [6, 6.07) is 3.80. The van der Waals surface area contributed by atoms with Gasteiger partial charge in [-0.3, -0.25) is 4.79 Å². The maximum atomic E-state index is 12.0. The molecule has 1 rings (SSSR count). The molecule has 0 saturated heterocycles. The van der Waals surface area contributed by atoms with E-state index in [9.17, 15) is 9.59 Å². The van der Waals surface area contributed by atoms with E-state index in [1.54, 1.807) is 16.2 Å². The van der Waals surface area contributed by atoms with Crippen molar-refractivity contribution in [3.63, 3.8) is 0 Å². The van der Waals surface area contributed by atoms with Gasteiger partial charge in [-0.15, -0.1) is 11.3 Å². The van der Waals surface area contributed by atoms with E-state index in [1.165, 1.54) is 4.88 Å². The van der Waals surface area contributed by atoms with Gasteiger partial charge in [-0.2, -0.15) is 0 Å². The Morgan fingerprint density at radius 2 is 2.21 bits per heavy atom. The van der Waals surface area contributed by atoms with E-state index >= 15 is 0 Å². The standard InChI is InChI=1S/C13H20N2O3S/c1-10(2)15(8-6-12(16)17)13(18)14-7-5-11-4-3-9-19-11/h3-4,9-10H,5-8H2,1-2H3,(H,14,18)(H,16,17). The highest BCUT2D eigenvalue weighted by molar-refractivity contribution is 7.09. The summed E-state index contributed by atoms with van der Waals surface area (Å²) in [5.41, 5.74) is 0. The molecule has 0 fully saturated rings. The topological polar surface area (TPSA) is 69.6 Å². The molecule has 2 N–H and O–H groups in total. The third-order valence-electron chi connectivity index (χ3n) is 2.68. The molecule has 5 nitrogen and oxygen atoms in total. The molecule has 0 atom stereocenters. The van der Waals surface area contributed by atoms with Crippen molar-refractivity contribution in [1.29, 1.82) is 0 Å². The number of urea groups is 1. The number of nitrogens with zero attached hydrogens (tertiary/aromatic N) is 1. The quantitative estimate of drug-likeness (QED) is 0.806. The fourth-order valence-corrected chi connectivity index (χ4v) is 2.37. The van der Waals surface area contributed by atoms with E-state index < -0.39 is 5.97 Å². The van der Waals surface area contributed by atoms with Crippen molar-refractivity contribution in [2.45, 2.75) is 32.7 Å². The minimum absolute atomic E-state index is 0.0129. The predicted molar refractivity (Wildman–Crippen MR) is 75.5 cm³/mol. The van der Waals surface area contributed by atoms with Crippen LogP contribution in [0.5, 0.6) is 0 Å². The molecule has 0 aliphatic rings. The van der Waals surface area contributed by atoms with Gasteiger partial charge in [0.25, 0.3) is 0 Å². The summed E-state index contributed by atoms with van der Waals surface area (Å²) in [5, 5.41) is 13.5. The number of carboxylic acid groups (broad SMARTS) is 1. The fourth-order valence-electron chi connectivity index (χ4n) is 1.66. The molecule has 0 saturated carbocycles. The number of rotatable bonds is 7. The van der Waals surface area contributed by atoms with Crippen molar-refractivity contribution < 1.29 is 14.7 Å². The van der Waals surface area contributed by atoms with Crippen molar-refractivity contribution in [2.75, 3.05) is 13.1 Å². The minimum Gasteiger partial charge on any atom is -0.481 e. The van der Waals surface area contributed by atoms with E-state index in [1.807, 2.05) is 31.4 Å². The smallest absolute Gasteiger partial charge is 0.317 e. The highest BCUT2D eigenvalue weighted by Gasteiger charge is 2.17. The lowest BCUT2D eigenvalue weighted by molar-refractivity contribution is -0.137. The molecule has 2 amide bonds. The van der Waals surface area contributed by atoms with Crippen molar-refractivity contribution >= 4 is 23.3 Å². The number of aliphatic carboxylic acids is 1. The summed E-state index contributed by atoms with van der Waals surface area (Å²) in [6.07, 6.45) is 0.769. The fraction of sp³-hybridized carbons (Fsp3) is 0.538. The summed E-state index contributed by atoms with van der Waals surface area (Å²) < 4.78 is 0. The Kier molecular flexibility index (Phi) is 6.35. The Balaban J connectivity index is 2.36. The molecule has 0 aliphatic heterocycles. The first-order chi connectivity index (χ1) is 9.00. The van der Waals surface area contributed by atoms with Crippen molar-refractivity contribution in [2.24, 2.45) is 0 Å². The monoisotopic (exact) mass is 284 g/mol. The highest BCUT2D eigenvalue weighted by Crippen LogP contribution is 2.08. The third kappa shape index (κ3) is 5.74. The zero-order chi connectivity index (χ0) is 14.3.